The van der Waals surface area contributed by atoms with Crippen molar-refractivity contribution in [2.75, 3.05) is 42.1 Å². The molecule has 2 amide bonds. The Labute approximate surface area is 213 Å². The Balaban J connectivity index is 1.60. The van der Waals surface area contributed by atoms with E-state index in [4.69, 9.17) is 0 Å². The number of likely N-dealkylation sites (N-methyl/N-ethyl adjacent to an activating group) is 1. The number of benzene rings is 3. The van der Waals surface area contributed by atoms with Crippen molar-refractivity contribution in [3.8, 4) is 0 Å². The van der Waals surface area contributed by atoms with Crippen molar-refractivity contribution in [2.45, 2.75) is 25.7 Å². The van der Waals surface area contributed by atoms with E-state index in [1.165, 1.54) is 23.5 Å². The zero-order valence-corrected chi connectivity index (χ0v) is 22.0. The van der Waals surface area contributed by atoms with Gasteiger partial charge in [0.25, 0.3) is 10.0 Å². The number of anilines is 3. The Morgan fingerprint density at radius 1 is 0.778 bits per heavy atom. The average Bonchev–Trinajstić information content (AvgIpc) is 2.81. The minimum atomic E-state index is -3.81. The monoisotopic (exact) mass is 508 g/mol. The molecule has 0 saturated heterocycles. The number of rotatable bonds is 9. The van der Waals surface area contributed by atoms with Gasteiger partial charge >= 0.3 is 0 Å². The lowest BCUT2D eigenvalue weighted by molar-refractivity contribution is -0.119. The summed E-state index contributed by atoms with van der Waals surface area (Å²) in [6.07, 6.45) is 0. The van der Waals surface area contributed by atoms with E-state index in [0.29, 0.717) is 11.4 Å². The first-order valence-corrected chi connectivity index (χ1v) is 12.9. The third-order valence-corrected chi connectivity index (χ3v) is 7.45. The Morgan fingerprint density at radius 2 is 1.36 bits per heavy atom. The van der Waals surface area contributed by atoms with E-state index >= 15 is 0 Å². The van der Waals surface area contributed by atoms with Crippen LogP contribution in [0.2, 0.25) is 0 Å². The van der Waals surface area contributed by atoms with Gasteiger partial charge in [0.15, 0.2) is 0 Å². The van der Waals surface area contributed by atoms with Gasteiger partial charge in [-0.05, 0) is 69.3 Å². The molecule has 0 aliphatic rings. The van der Waals surface area contributed by atoms with E-state index in [2.05, 4.69) is 10.6 Å². The molecule has 0 aliphatic heterocycles. The fourth-order valence-corrected chi connectivity index (χ4v) is 5.21. The highest BCUT2D eigenvalue weighted by Gasteiger charge is 2.22. The lowest BCUT2D eigenvalue weighted by atomic mass is 10.1. The Kier molecular flexibility index (Phi) is 8.49. The maximum atomic E-state index is 13.0. The molecule has 0 spiro atoms. The summed E-state index contributed by atoms with van der Waals surface area (Å²) in [5.74, 6) is -0.587. The molecule has 0 unspecified atom stereocenters. The second-order valence-corrected chi connectivity index (χ2v) is 10.8. The molecule has 8 nitrogen and oxygen atoms in total. The zero-order chi connectivity index (χ0) is 26.5. The second-order valence-electron chi connectivity index (χ2n) is 8.88. The highest BCUT2D eigenvalue weighted by Crippen LogP contribution is 2.24. The number of sulfonamides is 1. The molecule has 3 aromatic carbocycles. The summed E-state index contributed by atoms with van der Waals surface area (Å²) >= 11 is 0. The SMILES string of the molecule is Cc1cc(C)c(NC(=O)CN(C)CC(=O)Nc2cccc(S(=O)(=O)N(C)c3ccccc3)c2)c(C)c1. The van der Waals surface area contributed by atoms with Crippen molar-refractivity contribution >= 4 is 38.9 Å². The topological polar surface area (TPSA) is 98.8 Å². The van der Waals surface area contributed by atoms with E-state index in [9.17, 15) is 18.0 Å². The fraction of sp³-hybridized carbons (Fsp3) is 0.259. The van der Waals surface area contributed by atoms with Gasteiger partial charge in [0, 0.05) is 18.4 Å². The van der Waals surface area contributed by atoms with E-state index in [0.717, 1.165) is 22.4 Å². The van der Waals surface area contributed by atoms with Crippen LogP contribution in [0.4, 0.5) is 17.1 Å². The van der Waals surface area contributed by atoms with Crippen molar-refractivity contribution in [3.05, 3.63) is 83.4 Å². The maximum Gasteiger partial charge on any atom is 0.264 e. The predicted molar refractivity (Wildman–Crippen MR) is 144 cm³/mol. The standard InChI is InChI=1S/C27H32N4O4S/c1-19-14-20(2)27(21(3)15-19)29-26(33)18-30(4)17-25(32)28-22-10-9-13-24(16-22)36(34,35)31(5)23-11-7-6-8-12-23/h6-16H,17-18H2,1-5H3,(H,28,32)(H,29,33). The van der Waals surface area contributed by atoms with Crippen molar-refractivity contribution in [1.29, 1.82) is 0 Å². The van der Waals surface area contributed by atoms with Crippen LogP contribution in [0.3, 0.4) is 0 Å². The van der Waals surface area contributed by atoms with Crippen molar-refractivity contribution in [3.63, 3.8) is 0 Å². The van der Waals surface area contributed by atoms with Gasteiger partial charge in [0.1, 0.15) is 0 Å². The third-order valence-electron chi connectivity index (χ3n) is 5.66. The first-order chi connectivity index (χ1) is 17.0. The molecule has 0 radical (unpaired) electrons. The number of aryl methyl sites for hydroxylation is 3. The van der Waals surface area contributed by atoms with Gasteiger partial charge in [-0.1, -0.05) is 42.0 Å². The second kappa shape index (κ2) is 11.4. The van der Waals surface area contributed by atoms with Crippen LogP contribution in [0.1, 0.15) is 16.7 Å². The number of carbonyl (C=O) groups excluding carboxylic acids is 2. The highest BCUT2D eigenvalue weighted by atomic mass is 32.2. The first-order valence-electron chi connectivity index (χ1n) is 11.5. The van der Waals surface area contributed by atoms with Crippen LogP contribution in [0.25, 0.3) is 0 Å². The number of amides is 2. The van der Waals surface area contributed by atoms with Gasteiger partial charge in [0.2, 0.25) is 11.8 Å². The normalized spacial score (nSPS) is 11.3. The van der Waals surface area contributed by atoms with Crippen molar-refractivity contribution in [1.82, 2.24) is 4.90 Å². The lowest BCUT2D eigenvalue weighted by Crippen LogP contribution is -2.36. The third kappa shape index (κ3) is 6.71. The van der Waals surface area contributed by atoms with Gasteiger partial charge < -0.3 is 10.6 Å². The highest BCUT2D eigenvalue weighted by molar-refractivity contribution is 7.92. The van der Waals surface area contributed by atoms with Crippen LogP contribution in [0.15, 0.2) is 71.6 Å². The average molecular weight is 509 g/mol. The molecule has 36 heavy (non-hydrogen) atoms. The summed E-state index contributed by atoms with van der Waals surface area (Å²) in [7, 11) is -0.658. The van der Waals surface area contributed by atoms with Crippen molar-refractivity contribution in [2.24, 2.45) is 0 Å². The van der Waals surface area contributed by atoms with Gasteiger partial charge in [-0.25, -0.2) is 8.42 Å². The molecule has 2 N–H and O–H groups in total. The number of nitrogens with one attached hydrogen (secondary N) is 2. The molecule has 0 atom stereocenters. The fourth-order valence-electron chi connectivity index (χ4n) is 3.97. The summed E-state index contributed by atoms with van der Waals surface area (Å²) in [4.78, 5) is 26.8. The van der Waals surface area contributed by atoms with Crippen LogP contribution in [-0.2, 0) is 19.6 Å². The minimum absolute atomic E-state index is 0.0243. The molecule has 0 heterocycles. The largest absolute Gasteiger partial charge is 0.325 e. The van der Waals surface area contributed by atoms with E-state index in [-0.39, 0.29) is 29.8 Å². The van der Waals surface area contributed by atoms with Crippen LogP contribution in [-0.4, -0.2) is 52.3 Å². The molecular formula is C27H32N4O4S. The molecule has 0 bridgehead atoms. The van der Waals surface area contributed by atoms with E-state index in [1.54, 1.807) is 48.3 Å². The number of carbonyl (C=O) groups is 2. The summed E-state index contributed by atoms with van der Waals surface area (Å²) in [5, 5.41) is 5.64. The first kappa shape index (κ1) is 26.9. The summed E-state index contributed by atoms with van der Waals surface area (Å²) in [5.41, 5.74) is 4.75. The van der Waals surface area contributed by atoms with Crippen molar-refractivity contribution < 1.29 is 18.0 Å². The van der Waals surface area contributed by atoms with E-state index < -0.39 is 10.0 Å². The number of hydrogen-bond donors (Lipinski definition) is 2. The molecule has 0 aliphatic carbocycles. The lowest BCUT2D eigenvalue weighted by Gasteiger charge is -2.20. The molecule has 0 fully saturated rings. The quantitative estimate of drug-likeness (QED) is 0.456. The van der Waals surface area contributed by atoms with E-state index in [1.807, 2.05) is 39.0 Å². The zero-order valence-electron chi connectivity index (χ0n) is 21.2. The van der Waals surface area contributed by atoms with Crippen LogP contribution in [0, 0.1) is 20.8 Å². The number of para-hydroxylation sites is 1. The molecule has 3 aromatic rings. The van der Waals surface area contributed by atoms with Gasteiger partial charge in [-0.2, -0.15) is 0 Å². The summed E-state index contributed by atoms with van der Waals surface area (Å²) in [6, 6.07) is 18.9. The molecule has 9 heteroatoms. The van der Waals surface area contributed by atoms with Crippen LogP contribution in [0.5, 0.6) is 0 Å². The Bertz CT molecular complexity index is 1330. The minimum Gasteiger partial charge on any atom is -0.325 e. The van der Waals surface area contributed by atoms with Crippen LogP contribution >= 0.6 is 0 Å². The maximum absolute atomic E-state index is 13.0. The Hall–Kier alpha value is -3.69. The number of hydrogen-bond acceptors (Lipinski definition) is 5. The molecule has 0 aromatic heterocycles. The molecule has 3 rings (SSSR count). The van der Waals surface area contributed by atoms with Gasteiger partial charge in [0.05, 0.1) is 23.7 Å². The summed E-state index contributed by atoms with van der Waals surface area (Å²) in [6.45, 7) is 5.87. The molecule has 190 valence electrons. The predicted octanol–water partition coefficient (Wildman–Crippen LogP) is 3.95. The Morgan fingerprint density at radius 3 is 1.97 bits per heavy atom. The van der Waals surface area contributed by atoms with Gasteiger partial charge in [-0.3, -0.25) is 18.8 Å². The summed E-state index contributed by atoms with van der Waals surface area (Å²) < 4.78 is 27.3. The molecular weight excluding hydrogens is 476 g/mol. The number of nitrogens with zero attached hydrogens (tertiary/aromatic N) is 2. The smallest absolute Gasteiger partial charge is 0.264 e. The molecule has 0 saturated carbocycles. The van der Waals surface area contributed by atoms with Gasteiger partial charge in [-0.15, -0.1) is 0 Å². The van der Waals surface area contributed by atoms with Crippen LogP contribution < -0.4 is 14.9 Å².